The summed E-state index contributed by atoms with van der Waals surface area (Å²) in [4.78, 5) is 10.6. The zero-order valence-electron chi connectivity index (χ0n) is 8.16. The van der Waals surface area contributed by atoms with Gasteiger partial charge in [-0.2, -0.15) is 13.2 Å². The van der Waals surface area contributed by atoms with Gasteiger partial charge in [-0.05, 0) is 24.0 Å². The van der Waals surface area contributed by atoms with Crippen molar-refractivity contribution in [2.24, 2.45) is 5.92 Å². The van der Waals surface area contributed by atoms with Gasteiger partial charge >= 0.3 is 12.1 Å². The Balaban J connectivity index is 2.22. The minimum atomic E-state index is -4.37. The Labute approximate surface area is 89.7 Å². The number of carbonyl (C=O) groups is 1. The molecule has 16 heavy (non-hydrogen) atoms. The molecule has 0 aromatic heterocycles. The minimum Gasteiger partial charge on any atom is -0.481 e. The summed E-state index contributed by atoms with van der Waals surface area (Å²) >= 11 is 0. The van der Waals surface area contributed by atoms with E-state index < -0.39 is 23.6 Å². The first kappa shape index (κ1) is 11.0. The molecule has 0 spiro atoms. The van der Waals surface area contributed by atoms with Crippen molar-refractivity contribution in [3.8, 4) is 0 Å². The van der Waals surface area contributed by atoms with E-state index in [1.807, 2.05) is 0 Å². The van der Waals surface area contributed by atoms with Crippen LogP contribution in [0.2, 0.25) is 0 Å². The Morgan fingerprint density at radius 2 is 2.06 bits per heavy atom. The monoisotopic (exact) mass is 230 g/mol. The van der Waals surface area contributed by atoms with Crippen molar-refractivity contribution >= 4 is 5.97 Å². The smallest absolute Gasteiger partial charge is 0.416 e. The number of hydrogen-bond donors (Lipinski definition) is 1. The normalized spacial score (nSPS) is 24.2. The molecule has 0 saturated heterocycles. The molecule has 1 N–H and O–H groups in total. The topological polar surface area (TPSA) is 37.3 Å². The van der Waals surface area contributed by atoms with Crippen LogP contribution >= 0.6 is 0 Å². The zero-order chi connectivity index (χ0) is 11.9. The van der Waals surface area contributed by atoms with Crippen LogP contribution in [0.3, 0.4) is 0 Å². The lowest BCUT2D eigenvalue weighted by molar-refractivity contribution is -0.138. The first-order valence-electron chi connectivity index (χ1n) is 4.79. The molecule has 1 aliphatic carbocycles. The molecule has 2 unspecified atom stereocenters. The molecule has 0 amide bonds. The average Bonchev–Trinajstić information content (AvgIpc) is 2.96. The first-order chi connectivity index (χ1) is 7.39. The highest BCUT2D eigenvalue weighted by atomic mass is 19.4. The SMILES string of the molecule is O=C(O)C1CC1c1cccc(C(F)(F)F)c1. The number of hydrogen-bond acceptors (Lipinski definition) is 1. The third-order valence-electron chi connectivity index (χ3n) is 2.75. The molecule has 0 aliphatic heterocycles. The van der Waals surface area contributed by atoms with Crippen molar-refractivity contribution in [1.29, 1.82) is 0 Å². The van der Waals surface area contributed by atoms with E-state index in [4.69, 9.17) is 5.11 Å². The van der Waals surface area contributed by atoms with Crippen LogP contribution in [0.1, 0.15) is 23.5 Å². The molecule has 1 aliphatic rings. The maximum Gasteiger partial charge on any atom is 0.416 e. The molecule has 5 heteroatoms. The summed E-state index contributed by atoms with van der Waals surface area (Å²) in [6.45, 7) is 0. The van der Waals surface area contributed by atoms with E-state index in [0.29, 0.717) is 12.0 Å². The maximum absolute atomic E-state index is 12.4. The summed E-state index contributed by atoms with van der Waals surface area (Å²) in [5.41, 5.74) is -0.261. The molecular weight excluding hydrogens is 221 g/mol. The van der Waals surface area contributed by atoms with Crippen LogP contribution in [0.15, 0.2) is 24.3 Å². The second kappa shape index (κ2) is 3.50. The summed E-state index contributed by atoms with van der Waals surface area (Å²) in [5.74, 6) is -1.73. The van der Waals surface area contributed by atoms with Crippen LogP contribution in [0.5, 0.6) is 0 Å². The van der Waals surface area contributed by atoms with Gasteiger partial charge in [-0.1, -0.05) is 18.2 Å². The fraction of sp³-hybridized carbons (Fsp3) is 0.364. The van der Waals surface area contributed by atoms with Crippen molar-refractivity contribution < 1.29 is 23.1 Å². The lowest BCUT2D eigenvalue weighted by atomic mass is 10.1. The Morgan fingerprint density at radius 1 is 1.38 bits per heavy atom. The highest BCUT2D eigenvalue weighted by molar-refractivity contribution is 5.75. The van der Waals surface area contributed by atoms with E-state index in [0.717, 1.165) is 12.1 Å². The largest absolute Gasteiger partial charge is 0.481 e. The Kier molecular flexibility index (Phi) is 2.40. The van der Waals surface area contributed by atoms with Crippen molar-refractivity contribution in [2.45, 2.75) is 18.5 Å². The number of benzene rings is 1. The van der Waals surface area contributed by atoms with Crippen LogP contribution in [0, 0.1) is 5.92 Å². The van der Waals surface area contributed by atoms with E-state index in [1.54, 1.807) is 6.07 Å². The van der Waals surface area contributed by atoms with Crippen molar-refractivity contribution in [2.75, 3.05) is 0 Å². The molecule has 1 aromatic rings. The van der Waals surface area contributed by atoms with Gasteiger partial charge in [0.25, 0.3) is 0 Å². The highest BCUT2D eigenvalue weighted by Gasteiger charge is 2.44. The van der Waals surface area contributed by atoms with Gasteiger partial charge in [-0.25, -0.2) is 0 Å². The number of carboxylic acid groups (broad SMARTS) is 1. The molecule has 0 bridgehead atoms. The van der Waals surface area contributed by atoms with Crippen molar-refractivity contribution in [1.82, 2.24) is 0 Å². The molecule has 1 fully saturated rings. The lowest BCUT2D eigenvalue weighted by Crippen LogP contribution is -2.05. The number of halogens is 3. The molecule has 86 valence electrons. The average molecular weight is 230 g/mol. The second-order valence-corrected chi connectivity index (χ2v) is 3.91. The molecule has 0 heterocycles. The minimum absolute atomic E-state index is 0.264. The maximum atomic E-state index is 12.4. The molecule has 1 saturated carbocycles. The summed E-state index contributed by atoms with van der Waals surface area (Å²) in [6, 6.07) is 4.88. The van der Waals surface area contributed by atoms with E-state index >= 15 is 0 Å². The van der Waals surface area contributed by atoms with Gasteiger partial charge in [0.1, 0.15) is 0 Å². The van der Waals surface area contributed by atoms with E-state index in [-0.39, 0.29) is 5.92 Å². The number of alkyl halides is 3. The Bertz CT molecular complexity index is 425. The fourth-order valence-electron chi connectivity index (χ4n) is 1.78. The first-order valence-corrected chi connectivity index (χ1v) is 4.79. The summed E-state index contributed by atoms with van der Waals surface area (Å²) in [7, 11) is 0. The van der Waals surface area contributed by atoms with Gasteiger partial charge in [0, 0.05) is 0 Å². The van der Waals surface area contributed by atoms with Crippen LogP contribution < -0.4 is 0 Å². The van der Waals surface area contributed by atoms with Crippen LogP contribution in [0.25, 0.3) is 0 Å². The predicted molar refractivity (Wildman–Crippen MR) is 49.9 cm³/mol. The fourth-order valence-corrected chi connectivity index (χ4v) is 1.78. The van der Waals surface area contributed by atoms with Crippen molar-refractivity contribution in [3.05, 3.63) is 35.4 Å². The van der Waals surface area contributed by atoms with Gasteiger partial charge in [-0.3, -0.25) is 4.79 Å². The predicted octanol–water partition coefficient (Wildman–Crippen LogP) is 2.89. The van der Waals surface area contributed by atoms with Crippen molar-refractivity contribution in [3.63, 3.8) is 0 Å². The van der Waals surface area contributed by atoms with Crippen LogP contribution in [-0.2, 0) is 11.0 Å². The molecule has 0 radical (unpaired) electrons. The van der Waals surface area contributed by atoms with Gasteiger partial charge in [0.15, 0.2) is 0 Å². The molecule has 2 nitrogen and oxygen atoms in total. The summed E-state index contributed by atoms with van der Waals surface area (Å²) < 4.78 is 37.2. The van der Waals surface area contributed by atoms with E-state index in [1.165, 1.54) is 6.07 Å². The lowest BCUT2D eigenvalue weighted by Gasteiger charge is -2.08. The van der Waals surface area contributed by atoms with E-state index in [9.17, 15) is 18.0 Å². The third kappa shape index (κ3) is 2.03. The van der Waals surface area contributed by atoms with Gasteiger partial charge < -0.3 is 5.11 Å². The molecule has 2 atom stereocenters. The second-order valence-electron chi connectivity index (χ2n) is 3.91. The summed E-state index contributed by atoms with van der Waals surface area (Å²) in [5, 5.41) is 8.69. The van der Waals surface area contributed by atoms with Gasteiger partial charge in [-0.15, -0.1) is 0 Å². The molecule has 2 rings (SSSR count). The molecule has 1 aromatic carbocycles. The Hall–Kier alpha value is -1.52. The standard InChI is InChI=1S/C11H9F3O2/c12-11(13,14)7-3-1-2-6(4-7)8-5-9(8)10(15)16/h1-4,8-9H,5H2,(H,15,16). The van der Waals surface area contributed by atoms with E-state index in [2.05, 4.69) is 0 Å². The number of carboxylic acids is 1. The van der Waals surface area contributed by atoms with Gasteiger partial charge in [0.05, 0.1) is 11.5 Å². The highest BCUT2D eigenvalue weighted by Crippen LogP contribution is 2.48. The zero-order valence-corrected chi connectivity index (χ0v) is 8.16. The molecular formula is C11H9F3O2. The Morgan fingerprint density at radius 3 is 2.56 bits per heavy atom. The summed E-state index contributed by atoms with van der Waals surface area (Å²) in [6.07, 6.45) is -3.94. The number of aliphatic carboxylic acids is 1. The quantitative estimate of drug-likeness (QED) is 0.848. The third-order valence-corrected chi connectivity index (χ3v) is 2.75. The van der Waals surface area contributed by atoms with Crippen LogP contribution in [0.4, 0.5) is 13.2 Å². The van der Waals surface area contributed by atoms with Crippen LogP contribution in [-0.4, -0.2) is 11.1 Å². The van der Waals surface area contributed by atoms with Gasteiger partial charge in [0.2, 0.25) is 0 Å². The number of rotatable bonds is 2.